The molecule has 2 N–H and O–H groups in total. The molecule has 0 saturated carbocycles. The van der Waals surface area contributed by atoms with Crippen molar-refractivity contribution in [1.29, 1.82) is 0 Å². The zero-order valence-corrected chi connectivity index (χ0v) is 9.87. The Morgan fingerprint density at radius 1 is 1.44 bits per heavy atom. The second-order valence-corrected chi connectivity index (χ2v) is 4.16. The molecular formula is C12H15ClO3. The van der Waals surface area contributed by atoms with Crippen LogP contribution in [0, 0.1) is 0 Å². The maximum absolute atomic E-state index is 11.2. The molecule has 0 bridgehead atoms. The Labute approximate surface area is 99.7 Å². The largest absolute Gasteiger partial charge is 0.479 e. The van der Waals surface area contributed by atoms with Crippen LogP contribution in [0.3, 0.4) is 0 Å². The zero-order valence-electron chi connectivity index (χ0n) is 9.11. The van der Waals surface area contributed by atoms with Crippen molar-refractivity contribution in [2.45, 2.75) is 31.8 Å². The fourth-order valence-electron chi connectivity index (χ4n) is 1.59. The number of hydrogen-bond donors (Lipinski definition) is 2. The van der Waals surface area contributed by atoms with Crippen molar-refractivity contribution in [1.82, 2.24) is 0 Å². The minimum Gasteiger partial charge on any atom is -0.479 e. The Morgan fingerprint density at radius 2 is 2.06 bits per heavy atom. The summed E-state index contributed by atoms with van der Waals surface area (Å²) in [6.07, 6.45) is 1.62. The molecule has 4 heteroatoms. The van der Waals surface area contributed by atoms with Gasteiger partial charge in [-0.2, -0.15) is 0 Å². The molecule has 16 heavy (non-hydrogen) atoms. The van der Waals surface area contributed by atoms with E-state index in [0.29, 0.717) is 6.42 Å². The van der Waals surface area contributed by atoms with Gasteiger partial charge in [-0.05, 0) is 18.9 Å². The Balaban J connectivity index is 3.11. The van der Waals surface area contributed by atoms with Crippen LogP contribution >= 0.6 is 11.6 Å². The number of hydrogen-bond acceptors (Lipinski definition) is 2. The predicted molar refractivity (Wildman–Crippen MR) is 62.5 cm³/mol. The Morgan fingerprint density at radius 3 is 2.56 bits per heavy atom. The van der Waals surface area contributed by atoms with Gasteiger partial charge in [0.25, 0.3) is 0 Å². The third-order valence-corrected chi connectivity index (χ3v) is 2.89. The van der Waals surface area contributed by atoms with Crippen LogP contribution in [0.25, 0.3) is 0 Å². The van der Waals surface area contributed by atoms with E-state index in [1.807, 2.05) is 6.92 Å². The highest BCUT2D eigenvalue weighted by Crippen LogP contribution is 2.32. The Hall–Kier alpha value is -1.06. The highest BCUT2D eigenvalue weighted by molar-refractivity contribution is 6.31. The topological polar surface area (TPSA) is 57.5 Å². The van der Waals surface area contributed by atoms with Gasteiger partial charge in [0.1, 0.15) is 0 Å². The number of carbonyl (C=O) groups is 1. The SMILES string of the molecule is CCCCC(O)(C(=O)O)c1ccccc1Cl. The van der Waals surface area contributed by atoms with E-state index in [4.69, 9.17) is 16.7 Å². The molecule has 88 valence electrons. The van der Waals surface area contributed by atoms with Crippen molar-refractivity contribution >= 4 is 17.6 Å². The molecule has 0 spiro atoms. The molecule has 1 unspecified atom stereocenters. The van der Waals surface area contributed by atoms with Gasteiger partial charge in [0, 0.05) is 10.6 Å². The number of rotatable bonds is 5. The Bertz CT molecular complexity index is 378. The van der Waals surface area contributed by atoms with Gasteiger partial charge in [-0.3, -0.25) is 0 Å². The quantitative estimate of drug-likeness (QED) is 0.835. The van der Waals surface area contributed by atoms with E-state index in [-0.39, 0.29) is 17.0 Å². The number of aliphatic hydroxyl groups is 1. The zero-order chi connectivity index (χ0) is 12.2. The normalized spacial score (nSPS) is 14.4. The van der Waals surface area contributed by atoms with Gasteiger partial charge in [-0.15, -0.1) is 0 Å². The molecule has 0 aliphatic heterocycles. The van der Waals surface area contributed by atoms with E-state index >= 15 is 0 Å². The molecule has 0 amide bonds. The summed E-state index contributed by atoms with van der Waals surface area (Å²) in [5.41, 5.74) is -1.62. The molecule has 0 aliphatic carbocycles. The molecule has 0 aliphatic rings. The molecule has 3 nitrogen and oxygen atoms in total. The van der Waals surface area contributed by atoms with Gasteiger partial charge in [-0.1, -0.05) is 43.1 Å². The van der Waals surface area contributed by atoms with Gasteiger partial charge in [0.05, 0.1) is 0 Å². The molecule has 0 fully saturated rings. The van der Waals surface area contributed by atoms with Gasteiger partial charge in [0.15, 0.2) is 5.60 Å². The minimum absolute atomic E-state index is 0.169. The third-order valence-electron chi connectivity index (χ3n) is 2.57. The van der Waals surface area contributed by atoms with Crippen LogP contribution < -0.4 is 0 Å². The van der Waals surface area contributed by atoms with Gasteiger partial charge in [0.2, 0.25) is 0 Å². The van der Waals surface area contributed by atoms with E-state index in [2.05, 4.69) is 0 Å². The highest BCUT2D eigenvalue weighted by Gasteiger charge is 2.38. The van der Waals surface area contributed by atoms with E-state index < -0.39 is 11.6 Å². The van der Waals surface area contributed by atoms with Gasteiger partial charge < -0.3 is 10.2 Å². The van der Waals surface area contributed by atoms with Crippen LogP contribution in [0.1, 0.15) is 31.7 Å². The monoisotopic (exact) mass is 242 g/mol. The first-order chi connectivity index (χ1) is 7.52. The average molecular weight is 243 g/mol. The molecule has 1 atom stereocenters. The number of benzene rings is 1. The smallest absolute Gasteiger partial charge is 0.340 e. The summed E-state index contributed by atoms with van der Waals surface area (Å²) in [5.74, 6) is -1.26. The number of aliphatic carboxylic acids is 1. The van der Waals surface area contributed by atoms with Crippen molar-refractivity contribution in [2.24, 2.45) is 0 Å². The lowest BCUT2D eigenvalue weighted by Crippen LogP contribution is -2.35. The van der Waals surface area contributed by atoms with Crippen LogP contribution in [0.5, 0.6) is 0 Å². The fraction of sp³-hybridized carbons (Fsp3) is 0.417. The summed E-state index contributed by atoms with van der Waals surface area (Å²) < 4.78 is 0. The predicted octanol–water partition coefficient (Wildman–Crippen LogP) is 2.80. The lowest BCUT2D eigenvalue weighted by atomic mass is 9.88. The highest BCUT2D eigenvalue weighted by atomic mass is 35.5. The van der Waals surface area contributed by atoms with Crippen molar-refractivity contribution in [3.05, 3.63) is 34.9 Å². The summed E-state index contributed by atoms with van der Waals surface area (Å²) in [7, 11) is 0. The summed E-state index contributed by atoms with van der Waals surface area (Å²) in [4.78, 5) is 11.2. The van der Waals surface area contributed by atoms with Crippen molar-refractivity contribution in [2.75, 3.05) is 0 Å². The number of halogens is 1. The summed E-state index contributed by atoms with van der Waals surface area (Å²) >= 11 is 5.91. The molecular weight excluding hydrogens is 228 g/mol. The van der Waals surface area contributed by atoms with Crippen molar-refractivity contribution in [3.8, 4) is 0 Å². The maximum atomic E-state index is 11.2. The van der Waals surface area contributed by atoms with Crippen LogP contribution in [0.15, 0.2) is 24.3 Å². The second-order valence-electron chi connectivity index (χ2n) is 3.75. The Kier molecular flexibility index (Phi) is 4.33. The van der Waals surface area contributed by atoms with Crippen molar-refractivity contribution in [3.63, 3.8) is 0 Å². The molecule has 0 radical (unpaired) electrons. The summed E-state index contributed by atoms with van der Waals surface area (Å²) in [6.45, 7) is 1.94. The summed E-state index contributed by atoms with van der Waals surface area (Å²) in [6, 6.07) is 6.50. The number of carboxylic acids is 1. The fourth-order valence-corrected chi connectivity index (χ4v) is 1.88. The van der Waals surface area contributed by atoms with Crippen LogP contribution in [0.4, 0.5) is 0 Å². The average Bonchev–Trinajstić information content (AvgIpc) is 2.26. The molecule has 1 aromatic carbocycles. The second kappa shape index (κ2) is 5.32. The minimum atomic E-state index is -1.88. The number of carboxylic acid groups (broad SMARTS) is 1. The molecule has 0 heterocycles. The van der Waals surface area contributed by atoms with E-state index in [1.54, 1.807) is 24.3 Å². The van der Waals surface area contributed by atoms with E-state index in [1.165, 1.54) is 0 Å². The van der Waals surface area contributed by atoms with Gasteiger partial charge >= 0.3 is 5.97 Å². The third kappa shape index (κ3) is 2.54. The lowest BCUT2D eigenvalue weighted by molar-refractivity contribution is -0.160. The first kappa shape index (κ1) is 13.0. The van der Waals surface area contributed by atoms with E-state index in [0.717, 1.165) is 6.42 Å². The number of unbranched alkanes of at least 4 members (excludes halogenated alkanes) is 1. The standard InChI is InChI=1S/C12H15ClO3/c1-2-3-8-12(16,11(14)15)9-6-4-5-7-10(9)13/h4-7,16H,2-3,8H2,1H3,(H,14,15). The molecule has 0 saturated heterocycles. The summed E-state index contributed by atoms with van der Waals surface area (Å²) in [5, 5.41) is 19.6. The molecule has 1 aromatic rings. The lowest BCUT2D eigenvalue weighted by Gasteiger charge is -2.24. The van der Waals surface area contributed by atoms with Crippen LogP contribution in [0.2, 0.25) is 5.02 Å². The van der Waals surface area contributed by atoms with Crippen LogP contribution in [-0.2, 0) is 10.4 Å². The van der Waals surface area contributed by atoms with Crippen molar-refractivity contribution < 1.29 is 15.0 Å². The first-order valence-corrected chi connectivity index (χ1v) is 5.61. The first-order valence-electron chi connectivity index (χ1n) is 5.23. The maximum Gasteiger partial charge on any atom is 0.340 e. The van der Waals surface area contributed by atoms with Gasteiger partial charge in [-0.25, -0.2) is 4.79 Å². The molecule has 0 aromatic heterocycles. The molecule has 1 rings (SSSR count). The van der Waals surface area contributed by atoms with E-state index in [9.17, 15) is 9.90 Å². The van der Waals surface area contributed by atoms with Crippen LogP contribution in [-0.4, -0.2) is 16.2 Å².